The van der Waals surface area contributed by atoms with Gasteiger partial charge in [0.1, 0.15) is 0 Å². The molecule has 2 heteroatoms. The van der Waals surface area contributed by atoms with Crippen molar-refractivity contribution < 1.29 is 4.74 Å². The van der Waals surface area contributed by atoms with Crippen molar-refractivity contribution in [3.8, 4) is 6.07 Å². The molecular weight excluding hydrogens is 126 g/mol. The Balaban J connectivity index is 2.33. The summed E-state index contributed by atoms with van der Waals surface area (Å²) in [5.74, 6) is 0.249. The minimum atomic E-state index is 0.249. The average Bonchev–Trinajstić information content (AvgIpc) is 2.05. The van der Waals surface area contributed by atoms with Gasteiger partial charge in [-0.2, -0.15) is 5.26 Å². The minimum Gasteiger partial charge on any atom is -0.378 e. The first-order chi connectivity index (χ1) is 4.86. The number of hydrogen-bond donors (Lipinski definition) is 0. The molecule has 0 bridgehead atoms. The summed E-state index contributed by atoms with van der Waals surface area (Å²) in [5, 5.41) is 8.60. The van der Waals surface area contributed by atoms with Crippen molar-refractivity contribution in [3.63, 3.8) is 0 Å². The Hall–Kier alpha value is -0.550. The fourth-order valence-corrected chi connectivity index (χ4v) is 1.28. The first-order valence-electron chi connectivity index (χ1n) is 3.88. The van der Waals surface area contributed by atoms with Crippen LogP contribution in [0.25, 0.3) is 0 Å². The standard InChI is InChI=1S/C8H13NO/c1-2-8-5-7(6-9)3-4-10-8/h7-8H,2-5H2,1H3/t7-,8+/m0/s1. The quantitative estimate of drug-likeness (QED) is 0.554. The second kappa shape index (κ2) is 3.58. The highest BCUT2D eigenvalue weighted by Gasteiger charge is 2.20. The lowest BCUT2D eigenvalue weighted by Crippen LogP contribution is -2.23. The molecular formula is C8H13NO. The molecule has 0 aliphatic carbocycles. The van der Waals surface area contributed by atoms with Gasteiger partial charge in [0.15, 0.2) is 0 Å². The Morgan fingerprint density at radius 1 is 1.70 bits per heavy atom. The van der Waals surface area contributed by atoms with Gasteiger partial charge in [-0.05, 0) is 19.3 Å². The highest BCUT2D eigenvalue weighted by atomic mass is 16.5. The number of ether oxygens (including phenoxy) is 1. The highest BCUT2D eigenvalue weighted by Crippen LogP contribution is 2.20. The van der Waals surface area contributed by atoms with Crippen molar-refractivity contribution in [3.05, 3.63) is 0 Å². The molecule has 56 valence electrons. The molecule has 0 unspecified atom stereocenters. The fourth-order valence-electron chi connectivity index (χ4n) is 1.28. The van der Waals surface area contributed by atoms with Crippen LogP contribution in [-0.2, 0) is 4.74 Å². The normalized spacial score (nSPS) is 33.2. The molecule has 0 N–H and O–H groups in total. The van der Waals surface area contributed by atoms with Gasteiger partial charge >= 0.3 is 0 Å². The maximum Gasteiger partial charge on any atom is 0.0657 e. The summed E-state index contributed by atoms with van der Waals surface area (Å²) in [6, 6.07) is 2.29. The first kappa shape index (κ1) is 7.56. The van der Waals surface area contributed by atoms with Crippen molar-refractivity contribution in [2.75, 3.05) is 6.61 Å². The van der Waals surface area contributed by atoms with Crippen LogP contribution >= 0.6 is 0 Å². The van der Waals surface area contributed by atoms with Crippen molar-refractivity contribution in [1.82, 2.24) is 0 Å². The SMILES string of the molecule is CC[C@@H]1C[C@@H](C#N)CCO1. The lowest BCUT2D eigenvalue weighted by Gasteiger charge is -2.24. The van der Waals surface area contributed by atoms with Gasteiger partial charge in [0, 0.05) is 6.61 Å². The Kier molecular flexibility index (Phi) is 2.70. The van der Waals surface area contributed by atoms with Crippen LogP contribution in [0.15, 0.2) is 0 Å². The summed E-state index contributed by atoms with van der Waals surface area (Å²) in [7, 11) is 0. The number of rotatable bonds is 1. The molecule has 1 rings (SSSR count). The number of hydrogen-bond acceptors (Lipinski definition) is 2. The minimum absolute atomic E-state index is 0.249. The summed E-state index contributed by atoms with van der Waals surface area (Å²) in [6.07, 6.45) is 3.25. The molecule has 0 saturated carbocycles. The van der Waals surface area contributed by atoms with Crippen LogP contribution in [0.1, 0.15) is 26.2 Å². The zero-order valence-electron chi connectivity index (χ0n) is 6.34. The Morgan fingerprint density at radius 3 is 3.10 bits per heavy atom. The maximum absolute atomic E-state index is 8.60. The van der Waals surface area contributed by atoms with Gasteiger partial charge in [-0.1, -0.05) is 6.92 Å². The Morgan fingerprint density at radius 2 is 2.50 bits per heavy atom. The molecule has 1 aliphatic heterocycles. The summed E-state index contributed by atoms with van der Waals surface area (Å²) in [5.41, 5.74) is 0. The smallest absolute Gasteiger partial charge is 0.0657 e. The van der Waals surface area contributed by atoms with Crippen LogP contribution in [0.5, 0.6) is 0 Å². The second-order valence-corrected chi connectivity index (χ2v) is 2.75. The molecule has 0 aromatic carbocycles. The molecule has 1 aliphatic rings. The molecule has 0 radical (unpaired) electrons. The van der Waals surface area contributed by atoms with E-state index >= 15 is 0 Å². The van der Waals surface area contributed by atoms with E-state index in [0.717, 1.165) is 25.9 Å². The van der Waals surface area contributed by atoms with Gasteiger partial charge in [0.25, 0.3) is 0 Å². The predicted molar refractivity (Wildman–Crippen MR) is 38.4 cm³/mol. The lowest BCUT2D eigenvalue weighted by molar-refractivity contribution is 0.000407. The highest BCUT2D eigenvalue weighted by molar-refractivity contribution is 4.86. The summed E-state index contributed by atoms with van der Waals surface area (Å²) in [6.45, 7) is 2.88. The molecule has 1 saturated heterocycles. The van der Waals surface area contributed by atoms with E-state index in [1.807, 2.05) is 0 Å². The summed E-state index contributed by atoms with van der Waals surface area (Å²) < 4.78 is 5.41. The van der Waals surface area contributed by atoms with Crippen molar-refractivity contribution >= 4 is 0 Å². The summed E-state index contributed by atoms with van der Waals surface area (Å²) >= 11 is 0. The molecule has 2 nitrogen and oxygen atoms in total. The molecule has 0 aromatic rings. The third kappa shape index (κ3) is 1.71. The number of nitrogens with zero attached hydrogens (tertiary/aromatic N) is 1. The topological polar surface area (TPSA) is 33.0 Å². The molecule has 0 spiro atoms. The molecule has 10 heavy (non-hydrogen) atoms. The first-order valence-corrected chi connectivity index (χ1v) is 3.88. The van der Waals surface area contributed by atoms with Crippen molar-refractivity contribution in [1.29, 1.82) is 5.26 Å². The van der Waals surface area contributed by atoms with Crippen LogP contribution in [-0.4, -0.2) is 12.7 Å². The van der Waals surface area contributed by atoms with E-state index in [2.05, 4.69) is 13.0 Å². The zero-order valence-corrected chi connectivity index (χ0v) is 6.34. The van der Waals surface area contributed by atoms with E-state index in [1.165, 1.54) is 0 Å². The molecule has 0 aromatic heterocycles. The maximum atomic E-state index is 8.60. The third-order valence-electron chi connectivity index (χ3n) is 2.01. The van der Waals surface area contributed by atoms with Crippen LogP contribution in [0.2, 0.25) is 0 Å². The predicted octanol–water partition coefficient (Wildman–Crippen LogP) is 1.72. The van der Waals surface area contributed by atoms with E-state index in [0.29, 0.717) is 6.10 Å². The Labute approximate surface area is 61.8 Å². The fraction of sp³-hybridized carbons (Fsp3) is 0.875. The van der Waals surface area contributed by atoms with E-state index in [-0.39, 0.29) is 5.92 Å². The number of nitriles is 1. The van der Waals surface area contributed by atoms with Crippen molar-refractivity contribution in [2.24, 2.45) is 5.92 Å². The van der Waals surface area contributed by atoms with Crippen LogP contribution < -0.4 is 0 Å². The molecule has 1 fully saturated rings. The van der Waals surface area contributed by atoms with Crippen LogP contribution in [0.4, 0.5) is 0 Å². The van der Waals surface area contributed by atoms with E-state index in [4.69, 9.17) is 10.00 Å². The van der Waals surface area contributed by atoms with E-state index < -0.39 is 0 Å². The third-order valence-corrected chi connectivity index (χ3v) is 2.01. The van der Waals surface area contributed by atoms with E-state index in [1.54, 1.807) is 0 Å². The largest absolute Gasteiger partial charge is 0.378 e. The van der Waals surface area contributed by atoms with Gasteiger partial charge in [0.2, 0.25) is 0 Å². The average molecular weight is 139 g/mol. The molecule has 2 atom stereocenters. The van der Waals surface area contributed by atoms with Gasteiger partial charge < -0.3 is 4.74 Å². The monoisotopic (exact) mass is 139 g/mol. The van der Waals surface area contributed by atoms with Crippen molar-refractivity contribution in [2.45, 2.75) is 32.3 Å². The molecule has 1 heterocycles. The zero-order chi connectivity index (χ0) is 7.40. The lowest BCUT2D eigenvalue weighted by atomic mass is 9.96. The molecule has 0 amide bonds. The van der Waals surface area contributed by atoms with Gasteiger partial charge in [-0.3, -0.25) is 0 Å². The van der Waals surface area contributed by atoms with Gasteiger partial charge in [-0.15, -0.1) is 0 Å². The van der Waals surface area contributed by atoms with Gasteiger partial charge in [0.05, 0.1) is 18.1 Å². The van der Waals surface area contributed by atoms with E-state index in [9.17, 15) is 0 Å². The Bertz CT molecular complexity index is 139. The summed E-state index contributed by atoms with van der Waals surface area (Å²) in [4.78, 5) is 0. The van der Waals surface area contributed by atoms with Gasteiger partial charge in [-0.25, -0.2) is 0 Å². The van der Waals surface area contributed by atoms with Crippen LogP contribution in [0.3, 0.4) is 0 Å². The van der Waals surface area contributed by atoms with Crippen LogP contribution in [0, 0.1) is 17.2 Å². The second-order valence-electron chi connectivity index (χ2n) is 2.75.